The fraction of sp³-hybridized carbons (Fsp3) is 0.441. The zero-order chi connectivity index (χ0) is 32.5. The van der Waals surface area contributed by atoms with Gasteiger partial charge in [-0.2, -0.15) is 13.0 Å². The summed E-state index contributed by atoms with van der Waals surface area (Å²) in [6.07, 6.45) is 12.6. The van der Waals surface area contributed by atoms with Gasteiger partial charge in [-0.25, -0.2) is 8.42 Å². The summed E-state index contributed by atoms with van der Waals surface area (Å²) in [5.41, 5.74) is 6.29. The lowest BCUT2D eigenvalue weighted by molar-refractivity contribution is -0.443. The molecule has 4 heterocycles. The van der Waals surface area contributed by atoms with E-state index in [0.717, 1.165) is 71.7 Å². The molecule has 2 N–H and O–H groups in total. The van der Waals surface area contributed by atoms with E-state index in [2.05, 4.69) is 9.48 Å². The van der Waals surface area contributed by atoms with Gasteiger partial charge in [0.1, 0.15) is 21.6 Å². The second-order valence-corrected chi connectivity index (χ2v) is 16.2. The molecule has 11 heteroatoms. The zero-order valence-electron chi connectivity index (χ0n) is 26.1. The van der Waals surface area contributed by atoms with Gasteiger partial charge in [0.15, 0.2) is 5.71 Å². The van der Waals surface area contributed by atoms with Gasteiger partial charge < -0.3 is 14.6 Å². The van der Waals surface area contributed by atoms with Crippen LogP contribution >= 0.6 is 0 Å². The van der Waals surface area contributed by atoms with Gasteiger partial charge in [0.25, 0.3) is 10.1 Å². The quantitative estimate of drug-likeness (QED) is 0.230. The molecule has 2 aromatic rings. The Hall–Kier alpha value is -3.09. The molecule has 240 valence electrons. The number of anilines is 1. The maximum absolute atomic E-state index is 12.4. The molecule has 0 aliphatic carbocycles. The molecular weight excluding hydrogens is 613 g/mol. The van der Waals surface area contributed by atoms with Crippen LogP contribution in [0.25, 0.3) is 0 Å². The Kier molecular flexibility index (Phi) is 7.80. The van der Waals surface area contributed by atoms with Crippen LogP contribution in [0.15, 0.2) is 69.6 Å². The lowest BCUT2D eigenvalue weighted by atomic mass is 9.80. The van der Waals surface area contributed by atoms with Crippen molar-refractivity contribution in [1.82, 2.24) is 0 Å². The number of aliphatic hydroxyl groups excluding tert-OH is 1. The number of aryl methyl sites for hydroxylation is 2. The van der Waals surface area contributed by atoms with Crippen LogP contribution in [-0.4, -0.2) is 61.0 Å². The van der Waals surface area contributed by atoms with Gasteiger partial charge in [-0.3, -0.25) is 4.55 Å². The van der Waals surface area contributed by atoms with Crippen molar-refractivity contribution < 1.29 is 35.6 Å². The van der Waals surface area contributed by atoms with Gasteiger partial charge in [0.05, 0.1) is 15.9 Å². The molecule has 0 atom stereocenters. The largest absolute Gasteiger partial charge is 0.744 e. The second kappa shape index (κ2) is 11.0. The highest BCUT2D eigenvalue weighted by molar-refractivity contribution is 7.86. The monoisotopic (exact) mass is 652 g/mol. The van der Waals surface area contributed by atoms with Crippen molar-refractivity contribution in [3.05, 3.63) is 82.1 Å². The minimum absolute atomic E-state index is 0.0135. The molecule has 0 amide bonds. The van der Waals surface area contributed by atoms with E-state index in [-0.39, 0.29) is 16.4 Å². The fourth-order valence-corrected chi connectivity index (χ4v) is 9.53. The molecule has 6 rings (SSSR count). The van der Waals surface area contributed by atoms with Gasteiger partial charge in [-0.15, -0.1) is 0 Å². The molecule has 0 radical (unpaired) electrons. The molecule has 45 heavy (non-hydrogen) atoms. The normalized spacial score (nSPS) is 21.2. The summed E-state index contributed by atoms with van der Waals surface area (Å²) in [5.74, 6) is 0. The highest BCUT2D eigenvalue weighted by Crippen LogP contribution is 2.53. The minimum atomic E-state index is -4.68. The van der Waals surface area contributed by atoms with Crippen molar-refractivity contribution in [2.24, 2.45) is 0 Å². The Labute approximate surface area is 265 Å². The maximum atomic E-state index is 12.4. The van der Waals surface area contributed by atoms with E-state index >= 15 is 0 Å². The maximum Gasteiger partial charge on any atom is 0.295 e. The van der Waals surface area contributed by atoms with Crippen LogP contribution in [0.1, 0.15) is 75.6 Å². The van der Waals surface area contributed by atoms with E-state index in [0.29, 0.717) is 30.5 Å². The van der Waals surface area contributed by atoms with Crippen molar-refractivity contribution in [1.29, 1.82) is 0 Å². The third-order valence-electron chi connectivity index (χ3n) is 9.84. The zero-order valence-corrected chi connectivity index (χ0v) is 27.8. The van der Waals surface area contributed by atoms with Crippen LogP contribution in [0.5, 0.6) is 0 Å². The van der Waals surface area contributed by atoms with Crippen LogP contribution in [0.2, 0.25) is 0 Å². The standard InChI is InChI=1S/C34H40N2O7S2/c1-33(2)27(35-19-5-9-23-13-15-25(44(38,39)40)29(33)31(23)35)17-11-22(8-7-21-37)12-18-28-34(3,4)30-26(45(41,42)43)16-14-24-10-6-20-36(28)32(24)30/h11-18,37H,5-10,19-21H2,1-4H3,(H-,38,39,40,41,42,43). The third-order valence-corrected chi connectivity index (χ3v) is 11.6. The van der Waals surface area contributed by atoms with E-state index in [1.807, 2.05) is 52.0 Å². The molecular formula is C34H40N2O7S2. The summed E-state index contributed by atoms with van der Waals surface area (Å²) in [6, 6.07) is 6.52. The Morgan fingerprint density at radius 2 is 1.67 bits per heavy atom. The highest BCUT2D eigenvalue weighted by atomic mass is 32.2. The van der Waals surface area contributed by atoms with Crippen molar-refractivity contribution in [3.8, 4) is 0 Å². The first kappa shape index (κ1) is 31.9. The van der Waals surface area contributed by atoms with Crippen molar-refractivity contribution in [2.75, 3.05) is 24.6 Å². The average Bonchev–Trinajstić information content (AvgIpc) is 3.33. The Morgan fingerprint density at radius 3 is 2.36 bits per heavy atom. The van der Waals surface area contributed by atoms with Crippen molar-refractivity contribution in [3.63, 3.8) is 0 Å². The Bertz CT molecular complexity index is 1950. The molecule has 0 saturated heterocycles. The van der Waals surface area contributed by atoms with Gasteiger partial charge in [-0.1, -0.05) is 38.1 Å². The van der Waals surface area contributed by atoms with Gasteiger partial charge in [0.2, 0.25) is 5.69 Å². The number of benzene rings is 2. The van der Waals surface area contributed by atoms with Crippen molar-refractivity contribution >= 4 is 37.3 Å². The first-order chi connectivity index (χ1) is 21.1. The van der Waals surface area contributed by atoms with Crippen LogP contribution in [0.3, 0.4) is 0 Å². The first-order valence-corrected chi connectivity index (χ1v) is 18.3. The van der Waals surface area contributed by atoms with E-state index < -0.39 is 31.1 Å². The van der Waals surface area contributed by atoms with Crippen LogP contribution in [-0.2, 0) is 43.9 Å². The Balaban J connectivity index is 1.44. The van der Waals surface area contributed by atoms with E-state index in [4.69, 9.17) is 0 Å². The number of nitrogens with zero attached hydrogens (tertiary/aromatic N) is 2. The molecule has 4 aliphatic rings. The van der Waals surface area contributed by atoms with Crippen LogP contribution < -0.4 is 4.90 Å². The fourth-order valence-electron chi connectivity index (χ4n) is 7.85. The van der Waals surface area contributed by atoms with E-state index in [9.17, 15) is 31.0 Å². The first-order valence-electron chi connectivity index (χ1n) is 15.5. The number of hydrogen-bond donors (Lipinski definition) is 2. The highest BCUT2D eigenvalue weighted by Gasteiger charge is 2.50. The van der Waals surface area contributed by atoms with Crippen molar-refractivity contribution in [2.45, 2.75) is 86.8 Å². The van der Waals surface area contributed by atoms with Crippen LogP contribution in [0, 0.1) is 0 Å². The van der Waals surface area contributed by atoms with Gasteiger partial charge in [-0.05, 0) is 75.3 Å². The molecule has 4 aliphatic heterocycles. The lowest BCUT2D eigenvalue weighted by Crippen LogP contribution is -2.29. The molecule has 0 unspecified atom stereocenters. The minimum Gasteiger partial charge on any atom is -0.744 e. The Morgan fingerprint density at radius 1 is 0.978 bits per heavy atom. The average molecular weight is 653 g/mol. The van der Waals surface area contributed by atoms with Gasteiger partial charge >= 0.3 is 0 Å². The second-order valence-electron chi connectivity index (χ2n) is 13.4. The van der Waals surface area contributed by atoms with E-state index in [1.165, 1.54) is 12.1 Å². The molecule has 0 aromatic heterocycles. The third kappa shape index (κ3) is 5.22. The number of rotatable bonds is 8. The predicted octanol–water partition coefficient (Wildman–Crippen LogP) is 5.04. The number of allylic oxidation sites excluding steroid dienone is 6. The van der Waals surface area contributed by atoms with Gasteiger partial charge in [0, 0.05) is 53.6 Å². The molecule has 9 nitrogen and oxygen atoms in total. The molecule has 0 fully saturated rings. The summed E-state index contributed by atoms with van der Waals surface area (Å²) in [7, 11) is -9.11. The SMILES string of the molecule is CC1(C)C(/C=C/C(=C/C=C2/N3CCCc4ccc(S(=O)(=O)[O-])c(c43)C2(C)C)CCCO)=[N+]2CCCc3ccc(S(=O)(=O)O)c1c32. The number of aliphatic hydroxyl groups is 1. The summed E-state index contributed by atoms with van der Waals surface area (Å²) >= 11 is 0. The van der Waals surface area contributed by atoms with E-state index in [1.54, 1.807) is 12.1 Å². The molecule has 2 aromatic carbocycles. The summed E-state index contributed by atoms with van der Waals surface area (Å²) < 4.78 is 74.0. The summed E-state index contributed by atoms with van der Waals surface area (Å²) in [6.45, 7) is 9.31. The lowest BCUT2D eigenvalue weighted by Gasteiger charge is -2.30. The number of hydrogen-bond acceptors (Lipinski definition) is 7. The predicted molar refractivity (Wildman–Crippen MR) is 172 cm³/mol. The van der Waals surface area contributed by atoms with Crippen LogP contribution in [0.4, 0.5) is 11.4 Å². The molecule has 0 bridgehead atoms. The molecule has 0 spiro atoms. The summed E-state index contributed by atoms with van der Waals surface area (Å²) in [5, 5.41) is 9.67. The smallest absolute Gasteiger partial charge is 0.295 e. The summed E-state index contributed by atoms with van der Waals surface area (Å²) in [4.78, 5) is 1.91. The molecule has 0 saturated carbocycles. The topological polar surface area (TPSA) is 138 Å².